The minimum absolute atomic E-state index is 0.112. The first-order chi connectivity index (χ1) is 9.88. The highest BCUT2D eigenvalue weighted by molar-refractivity contribution is 6.05. The molecule has 0 fully saturated rings. The number of amides is 1. The molecule has 0 aliphatic rings. The number of aromatic amines is 1. The molecule has 0 saturated heterocycles. The maximum Gasteiger partial charge on any atom is 0.338 e. The maximum atomic E-state index is 13.5. The molecule has 0 atom stereocenters. The van der Waals surface area contributed by atoms with Crippen LogP contribution in [0.25, 0.3) is 0 Å². The molecule has 1 aromatic heterocycles. The van der Waals surface area contributed by atoms with E-state index in [1.54, 1.807) is 0 Å². The van der Waals surface area contributed by atoms with Gasteiger partial charge in [0.15, 0.2) is 5.78 Å². The lowest BCUT2D eigenvalue weighted by atomic mass is 10.2. The van der Waals surface area contributed by atoms with Crippen molar-refractivity contribution in [3.8, 4) is 0 Å². The molecule has 3 N–H and O–H groups in total. The number of aromatic carboxylic acids is 1. The number of H-pyrrole nitrogens is 1. The molecule has 2 aromatic rings. The van der Waals surface area contributed by atoms with Gasteiger partial charge in [0, 0.05) is 17.4 Å². The molecule has 0 unspecified atom stereocenters. The van der Waals surface area contributed by atoms with Gasteiger partial charge in [0.05, 0.1) is 5.56 Å². The van der Waals surface area contributed by atoms with Crippen molar-refractivity contribution in [1.82, 2.24) is 4.98 Å². The Kier molecular flexibility index (Phi) is 3.84. The highest BCUT2D eigenvalue weighted by Gasteiger charge is 2.14. The molecule has 2 rings (SSSR count). The van der Waals surface area contributed by atoms with Crippen molar-refractivity contribution in [2.24, 2.45) is 0 Å². The molecule has 1 heterocycles. The number of hydrogen-bond acceptors (Lipinski definition) is 3. The average Bonchev–Trinajstić information content (AvgIpc) is 2.88. The van der Waals surface area contributed by atoms with Crippen molar-refractivity contribution in [3.63, 3.8) is 0 Å². The summed E-state index contributed by atoms with van der Waals surface area (Å²) in [5.41, 5.74) is 0.128. The van der Waals surface area contributed by atoms with E-state index in [1.807, 2.05) is 0 Å². The Morgan fingerprint density at radius 2 is 1.95 bits per heavy atom. The number of carbonyl (C=O) groups is 3. The number of benzene rings is 1. The van der Waals surface area contributed by atoms with Gasteiger partial charge in [0.1, 0.15) is 11.5 Å². The summed E-state index contributed by atoms with van der Waals surface area (Å²) in [7, 11) is 0. The van der Waals surface area contributed by atoms with E-state index >= 15 is 0 Å². The number of nitrogens with one attached hydrogen (secondary N) is 2. The fourth-order valence-corrected chi connectivity index (χ4v) is 1.69. The van der Waals surface area contributed by atoms with Crippen molar-refractivity contribution < 1.29 is 23.9 Å². The van der Waals surface area contributed by atoms with E-state index in [1.165, 1.54) is 25.3 Å². The fraction of sp³-hybridized carbons (Fsp3) is 0.0714. The molecule has 0 bridgehead atoms. The number of halogens is 1. The molecule has 0 aliphatic carbocycles. The second kappa shape index (κ2) is 5.58. The molecule has 1 amide bonds. The molecule has 0 radical (unpaired) electrons. The Balaban J connectivity index is 2.17. The number of Topliss-reactive ketones (excluding diaryl/α,β-unsaturated/α-hetero) is 1. The summed E-state index contributed by atoms with van der Waals surface area (Å²) >= 11 is 0. The molecule has 0 aliphatic heterocycles. The van der Waals surface area contributed by atoms with Crippen molar-refractivity contribution >= 4 is 23.3 Å². The highest BCUT2D eigenvalue weighted by Crippen LogP contribution is 2.16. The van der Waals surface area contributed by atoms with E-state index in [9.17, 15) is 18.8 Å². The van der Waals surface area contributed by atoms with Crippen LogP contribution in [0.5, 0.6) is 0 Å². The van der Waals surface area contributed by atoms with Crippen LogP contribution in [0.15, 0.2) is 30.5 Å². The first-order valence-corrected chi connectivity index (χ1v) is 5.92. The van der Waals surface area contributed by atoms with Gasteiger partial charge in [0.2, 0.25) is 0 Å². The number of carboxylic acids is 1. The Bertz CT molecular complexity index is 736. The van der Waals surface area contributed by atoms with Crippen LogP contribution in [0, 0.1) is 5.82 Å². The van der Waals surface area contributed by atoms with Crippen LogP contribution < -0.4 is 5.32 Å². The molecule has 6 nitrogen and oxygen atoms in total. The van der Waals surface area contributed by atoms with Crippen molar-refractivity contribution in [2.45, 2.75) is 6.92 Å². The summed E-state index contributed by atoms with van der Waals surface area (Å²) in [5.74, 6) is -3.09. The lowest BCUT2D eigenvalue weighted by Crippen LogP contribution is -2.13. The van der Waals surface area contributed by atoms with Crippen molar-refractivity contribution in [2.75, 3.05) is 5.32 Å². The van der Waals surface area contributed by atoms with E-state index in [0.29, 0.717) is 5.56 Å². The Hall–Kier alpha value is -2.96. The third kappa shape index (κ3) is 3.14. The first kappa shape index (κ1) is 14.4. The van der Waals surface area contributed by atoms with E-state index in [2.05, 4.69) is 10.3 Å². The molecular formula is C14H11FN2O4. The summed E-state index contributed by atoms with van der Waals surface area (Å²) in [4.78, 5) is 36.3. The summed E-state index contributed by atoms with van der Waals surface area (Å²) in [6, 6.07) is 4.62. The standard InChI is InChI=1S/C14H11FN2O4/c1-7(18)8-4-12(16-6-8)13(19)17-9-2-3-10(14(20)21)11(15)5-9/h2-6,16H,1H3,(H,17,19)(H,20,21). The number of anilines is 1. The number of carboxylic acid groups (broad SMARTS) is 1. The molecular weight excluding hydrogens is 279 g/mol. The van der Waals surface area contributed by atoms with Gasteiger partial charge >= 0.3 is 5.97 Å². The van der Waals surface area contributed by atoms with Gasteiger partial charge < -0.3 is 15.4 Å². The second-order valence-electron chi connectivity index (χ2n) is 4.31. The normalized spacial score (nSPS) is 10.2. The third-order valence-corrected chi connectivity index (χ3v) is 2.79. The monoisotopic (exact) mass is 290 g/mol. The number of hydrogen-bond donors (Lipinski definition) is 3. The van der Waals surface area contributed by atoms with E-state index < -0.39 is 23.3 Å². The number of rotatable bonds is 4. The zero-order chi connectivity index (χ0) is 15.6. The molecule has 108 valence electrons. The van der Waals surface area contributed by atoms with E-state index in [0.717, 1.165) is 12.1 Å². The van der Waals surface area contributed by atoms with Gasteiger partial charge in [-0.1, -0.05) is 0 Å². The summed E-state index contributed by atoms with van der Waals surface area (Å²) in [6.45, 7) is 1.37. The van der Waals surface area contributed by atoms with Gasteiger partial charge in [-0.05, 0) is 31.2 Å². The summed E-state index contributed by atoms with van der Waals surface area (Å²) < 4.78 is 13.5. The minimum atomic E-state index is -1.39. The first-order valence-electron chi connectivity index (χ1n) is 5.92. The zero-order valence-corrected chi connectivity index (χ0v) is 10.9. The predicted octanol–water partition coefficient (Wildman–Crippen LogP) is 2.31. The molecule has 0 saturated carbocycles. The van der Waals surface area contributed by atoms with E-state index in [-0.39, 0.29) is 17.2 Å². The average molecular weight is 290 g/mol. The molecule has 7 heteroatoms. The Labute approximate surface area is 118 Å². The van der Waals surface area contributed by atoms with Gasteiger partial charge in [-0.3, -0.25) is 9.59 Å². The largest absolute Gasteiger partial charge is 0.478 e. The SMILES string of the molecule is CC(=O)c1c[nH]c(C(=O)Nc2ccc(C(=O)O)c(F)c2)c1. The number of ketones is 1. The quantitative estimate of drug-likeness (QED) is 0.752. The smallest absolute Gasteiger partial charge is 0.338 e. The Morgan fingerprint density at radius 1 is 1.24 bits per heavy atom. The number of carbonyl (C=O) groups excluding carboxylic acids is 2. The predicted molar refractivity (Wildman–Crippen MR) is 72.1 cm³/mol. The Morgan fingerprint density at radius 3 is 2.48 bits per heavy atom. The van der Waals surface area contributed by atoms with Crippen molar-refractivity contribution in [1.29, 1.82) is 0 Å². The van der Waals surface area contributed by atoms with Crippen molar-refractivity contribution in [3.05, 3.63) is 53.1 Å². The number of aromatic nitrogens is 1. The highest BCUT2D eigenvalue weighted by atomic mass is 19.1. The van der Waals surface area contributed by atoms with Crippen LogP contribution in [0.1, 0.15) is 38.1 Å². The molecule has 1 aromatic carbocycles. The molecule has 0 spiro atoms. The van der Waals surface area contributed by atoms with Crippen LogP contribution in [0.4, 0.5) is 10.1 Å². The lowest BCUT2D eigenvalue weighted by Gasteiger charge is -2.05. The van der Waals surface area contributed by atoms with E-state index in [4.69, 9.17) is 5.11 Å². The maximum absolute atomic E-state index is 13.5. The van der Waals surface area contributed by atoms with Crippen LogP contribution in [-0.4, -0.2) is 27.8 Å². The van der Waals surface area contributed by atoms with Crippen LogP contribution in [0.3, 0.4) is 0 Å². The van der Waals surface area contributed by atoms with Gasteiger partial charge in [-0.2, -0.15) is 0 Å². The van der Waals surface area contributed by atoms with Gasteiger partial charge in [-0.25, -0.2) is 9.18 Å². The summed E-state index contributed by atoms with van der Waals surface area (Å²) in [5, 5.41) is 11.1. The van der Waals surface area contributed by atoms with Crippen LogP contribution in [-0.2, 0) is 0 Å². The fourth-order valence-electron chi connectivity index (χ4n) is 1.69. The van der Waals surface area contributed by atoms with Gasteiger partial charge in [0.25, 0.3) is 5.91 Å². The van der Waals surface area contributed by atoms with Gasteiger partial charge in [-0.15, -0.1) is 0 Å². The van der Waals surface area contributed by atoms with Crippen LogP contribution >= 0.6 is 0 Å². The topological polar surface area (TPSA) is 99.3 Å². The molecule has 21 heavy (non-hydrogen) atoms. The lowest BCUT2D eigenvalue weighted by molar-refractivity contribution is 0.0691. The minimum Gasteiger partial charge on any atom is -0.478 e. The second-order valence-corrected chi connectivity index (χ2v) is 4.31. The third-order valence-electron chi connectivity index (χ3n) is 2.79. The van der Waals surface area contributed by atoms with Crippen LogP contribution in [0.2, 0.25) is 0 Å². The zero-order valence-electron chi connectivity index (χ0n) is 10.9. The summed E-state index contributed by atoms with van der Waals surface area (Å²) in [6.07, 6.45) is 1.39.